The van der Waals surface area contributed by atoms with Crippen LogP contribution in [0.1, 0.15) is 34.8 Å². The first-order valence-corrected chi connectivity index (χ1v) is 7.32. The summed E-state index contributed by atoms with van der Waals surface area (Å²) in [6, 6.07) is 0. The maximum atomic E-state index is 11.7. The van der Waals surface area contributed by atoms with Crippen molar-refractivity contribution in [3.05, 3.63) is 16.1 Å². The third-order valence-electron chi connectivity index (χ3n) is 3.09. The Morgan fingerprint density at radius 2 is 2.28 bits per heavy atom. The van der Waals surface area contributed by atoms with Gasteiger partial charge >= 0.3 is 0 Å². The average Bonchev–Trinajstić information content (AvgIpc) is 3.05. The lowest BCUT2D eigenvalue weighted by Gasteiger charge is -2.13. The highest BCUT2D eigenvalue weighted by atomic mass is 32.1. The zero-order valence-electron chi connectivity index (χ0n) is 10.5. The summed E-state index contributed by atoms with van der Waals surface area (Å²) < 4.78 is 0. The molecule has 0 unspecified atom stereocenters. The van der Waals surface area contributed by atoms with Crippen molar-refractivity contribution in [1.82, 2.24) is 15.2 Å². The molecule has 1 aliphatic rings. The summed E-state index contributed by atoms with van der Waals surface area (Å²) in [6.07, 6.45) is 3.62. The molecule has 0 aliphatic carbocycles. The predicted molar refractivity (Wildman–Crippen MR) is 72.6 cm³/mol. The van der Waals surface area contributed by atoms with Crippen molar-refractivity contribution < 1.29 is 4.79 Å². The van der Waals surface area contributed by atoms with Crippen LogP contribution in [0.5, 0.6) is 0 Å². The van der Waals surface area contributed by atoms with Gasteiger partial charge in [0.1, 0.15) is 10.7 Å². The van der Waals surface area contributed by atoms with E-state index in [0.717, 1.165) is 18.0 Å². The van der Waals surface area contributed by atoms with Crippen LogP contribution in [0.4, 0.5) is 0 Å². The van der Waals surface area contributed by atoms with Crippen molar-refractivity contribution in [3.63, 3.8) is 0 Å². The van der Waals surface area contributed by atoms with E-state index in [-0.39, 0.29) is 5.91 Å². The highest BCUT2D eigenvalue weighted by Crippen LogP contribution is 2.09. The molecule has 2 rings (SSSR count). The number of carbonyl (C=O) groups is 1. The number of hydrogen-bond acceptors (Lipinski definition) is 5. The highest BCUT2D eigenvalue weighted by Gasteiger charge is 2.12. The number of likely N-dealkylation sites (tertiary alicyclic amines) is 1. The zero-order valence-corrected chi connectivity index (χ0v) is 11.3. The molecule has 5 nitrogen and oxygen atoms in total. The van der Waals surface area contributed by atoms with Crippen LogP contribution in [0.3, 0.4) is 0 Å². The van der Waals surface area contributed by atoms with Crippen molar-refractivity contribution in [1.29, 1.82) is 0 Å². The van der Waals surface area contributed by atoms with Gasteiger partial charge in [0.2, 0.25) is 0 Å². The number of amides is 1. The molecule has 0 radical (unpaired) electrons. The van der Waals surface area contributed by atoms with E-state index >= 15 is 0 Å². The van der Waals surface area contributed by atoms with Crippen LogP contribution in [0.15, 0.2) is 5.38 Å². The van der Waals surface area contributed by atoms with E-state index in [0.29, 0.717) is 18.8 Å². The zero-order chi connectivity index (χ0) is 12.8. The van der Waals surface area contributed by atoms with Crippen LogP contribution in [-0.4, -0.2) is 42.0 Å². The second-order valence-electron chi connectivity index (χ2n) is 4.49. The topological polar surface area (TPSA) is 71.2 Å². The minimum absolute atomic E-state index is 0.0904. The molecule has 18 heavy (non-hydrogen) atoms. The molecule has 3 N–H and O–H groups in total. The van der Waals surface area contributed by atoms with Gasteiger partial charge in [-0.25, -0.2) is 4.98 Å². The molecule has 1 saturated heterocycles. The summed E-state index contributed by atoms with van der Waals surface area (Å²) in [5.74, 6) is -0.0904. The van der Waals surface area contributed by atoms with Gasteiger partial charge in [-0.15, -0.1) is 11.3 Å². The van der Waals surface area contributed by atoms with Gasteiger partial charge in [0, 0.05) is 18.5 Å². The number of carbonyl (C=O) groups excluding carboxylic acids is 1. The molecule has 0 saturated carbocycles. The fraction of sp³-hybridized carbons (Fsp3) is 0.667. The Morgan fingerprint density at radius 1 is 1.50 bits per heavy atom. The lowest BCUT2D eigenvalue weighted by molar-refractivity contribution is 0.0947. The van der Waals surface area contributed by atoms with Gasteiger partial charge < -0.3 is 16.0 Å². The van der Waals surface area contributed by atoms with Crippen LogP contribution >= 0.6 is 11.3 Å². The Balaban J connectivity index is 1.65. The summed E-state index contributed by atoms with van der Waals surface area (Å²) >= 11 is 1.43. The van der Waals surface area contributed by atoms with Crippen LogP contribution in [0.25, 0.3) is 0 Å². The molecular formula is C12H20N4OS. The number of hydrogen-bond donors (Lipinski definition) is 2. The van der Waals surface area contributed by atoms with Gasteiger partial charge in [-0.1, -0.05) is 0 Å². The average molecular weight is 268 g/mol. The first-order valence-electron chi connectivity index (χ1n) is 6.44. The molecule has 0 atom stereocenters. The third-order valence-corrected chi connectivity index (χ3v) is 3.97. The van der Waals surface area contributed by atoms with E-state index in [2.05, 4.69) is 15.2 Å². The van der Waals surface area contributed by atoms with Gasteiger partial charge in [-0.05, 0) is 38.9 Å². The maximum Gasteiger partial charge on any atom is 0.270 e. The van der Waals surface area contributed by atoms with Gasteiger partial charge in [-0.2, -0.15) is 0 Å². The normalized spacial score (nSPS) is 16.1. The number of nitrogens with two attached hydrogens (primary N) is 1. The number of rotatable bonds is 6. The quantitative estimate of drug-likeness (QED) is 0.749. The van der Waals surface area contributed by atoms with E-state index in [9.17, 15) is 4.79 Å². The molecule has 0 bridgehead atoms. The lowest BCUT2D eigenvalue weighted by Crippen LogP contribution is -2.28. The fourth-order valence-corrected chi connectivity index (χ4v) is 2.76. The van der Waals surface area contributed by atoms with Crippen molar-refractivity contribution in [2.75, 3.05) is 26.2 Å². The minimum atomic E-state index is -0.0904. The fourth-order valence-electron chi connectivity index (χ4n) is 2.11. The second kappa shape index (κ2) is 6.82. The van der Waals surface area contributed by atoms with Crippen LogP contribution in [0.2, 0.25) is 0 Å². The van der Waals surface area contributed by atoms with Crippen molar-refractivity contribution in [3.8, 4) is 0 Å². The standard InChI is InChI=1S/C12H20N4OS/c13-8-11-15-10(9-18-11)12(17)14-4-3-7-16-5-1-2-6-16/h9H,1-8,13H2,(H,14,17). The molecule has 0 spiro atoms. The maximum absolute atomic E-state index is 11.7. The van der Waals surface area contributed by atoms with Crippen molar-refractivity contribution in [2.24, 2.45) is 5.73 Å². The highest BCUT2D eigenvalue weighted by molar-refractivity contribution is 7.09. The molecule has 1 aromatic heterocycles. The molecule has 0 aromatic carbocycles. The molecule has 1 aliphatic heterocycles. The van der Waals surface area contributed by atoms with E-state index in [1.807, 2.05) is 0 Å². The van der Waals surface area contributed by atoms with E-state index in [4.69, 9.17) is 5.73 Å². The third kappa shape index (κ3) is 3.76. The summed E-state index contributed by atoms with van der Waals surface area (Å²) in [6.45, 7) is 4.60. The Labute approximate surface area is 111 Å². The molecule has 1 fully saturated rings. The van der Waals surface area contributed by atoms with Crippen molar-refractivity contribution in [2.45, 2.75) is 25.8 Å². The molecule has 1 amide bonds. The number of aromatic nitrogens is 1. The first kappa shape index (κ1) is 13.5. The Bertz CT molecular complexity index is 387. The van der Waals surface area contributed by atoms with E-state index in [1.54, 1.807) is 5.38 Å². The molecule has 6 heteroatoms. The lowest BCUT2D eigenvalue weighted by atomic mass is 10.3. The van der Waals surface area contributed by atoms with Gasteiger partial charge in [-0.3, -0.25) is 4.79 Å². The molecular weight excluding hydrogens is 248 g/mol. The summed E-state index contributed by atoms with van der Waals surface area (Å²) in [5, 5.41) is 5.46. The first-order chi connectivity index (χ1) is 8.79. The van der Waals surface area contributed by atoms with Crippen LogP contribution in [-0.2, 0) is 6.54 Å². The Kier molecular flexibility index (Phi) is 5.10. The smallest absolute Gasteiger partial charge is 0.270 e. The number of thiazole rings is 1. The van der Waals surface area contributed by atoms with Gasteiger partial charge in [0.25, 0.3) is 5.91 Å². The Hall–Kier alpha value is -0.980. The van der Waals surface area contributed by atoms with Crippen molar-refractivity contribution >= 4 is 17.2 Å². The SMILES string of the molecule is NCc1nc(C(=O)NCCCN2CCCC2)cs1. The summed E-state index contributed by atoms with van der Waals surface area (Å²) in [7, 11) is 0. The molecule has 2 heterocycles. The van der Waals surface area contributed by atoms with Gasteiger partial charge in [0.15, 0.2) is 0 Å². The van der Waals surface area contributed by atoms with E-state index < -0.39 is 0 Å². The predicted octanol–water partition coefficient (Wildman–Crippen LogP) is 0.817. The van der Waals surface area contributed by atoms with Crippen LogP contribution < -0.4 is 11.1 Å². The van der Waals surface area contributed by atoms with E-state index in [1.165, 1.54) is 37.3 Å². The monoisotopic (exact) mass is 268 g/mol. The number of nitrogens with zero attached hydrogens (tertiary/aromatic N) is 2. The summed E-state index contributed by atoms with van der Waals surface area (Å²) in [5.41, 5.74) is 5.95. The molecule has 100 valence electrons. The summed E-state index contributed by atoms with van der Waals surface area (Å²) in [4.78, 5) is 18.4. The Morgan fingerprint density at radius 3 is 2.94 bits per heavy atom. The molecule has 1 aromatic rings. The largest absolute Gasteiger partial charge is 0.351 e. The minimum Gasteiger partial charge on any atom is -0.351 e. The second-order valence-corrected chi connectivity index (χ2v) is 5.43. The number of nitrogens with one attached hydrogen (secondary N) is 1. The van der Waals surface area contributed by atoms with Gasteiger partial charge in [0.05, 0.1) is 0 Å². The van der Waals surface area contributed by atoms with Crippen LogP contribution in [0, 0.1) is 0 Å².